The van der Waals surface area contributed by atoms with Crippen LogP contribution in [0.1, 0.15) is 6.42 Å². The molecule has 7 aromatic rings. The molecule has 7 aromatic carbocycles. The molecule has 4 heteroatoms. The fourth-order valence-corrected chi connectivity index (χ4v) is 14.7. The van der Waals surface area contributed by atoms with Gasteiger partial charge in [0.2, 0.25) is 0 Å². The first-order valence-electron chi connectivity index (χ1n) is 15.7. The molecule has 0 unspecified atom stereocenters. The summed E-state index contributed by atoms with van der Waals surface area (Å²) >= 11 is -3.07. The van der Waals surface area contributed by atoms with Crippen LogP contribution in [-0.2, 0) is 4.79 Å². The van der Waals surface area contributed by atoms with Gasteiger partial charge in [-0.2, -0.15) is 0 Å². The second-order valence-corrected chi connectivity index (χ2v) is 18.7. The Bertz CT molecular complexity index is 1380. The van der Waals surface area contributed by atoms with Crippen molar-refractivity contribution in [2.24, 2.45) is 0 Å². The van der Waals surface area contributed by atoms with Crippen LogP contribution >= 0.6 is 0 Å². The first-order valence-corrected chi connectivity index (χ1v) is 20.4. The van der Waals surface area contributed by atoms with Crippen LogP contribution in [0.3, 0.4) is 0 Å². The third kappa shape index (κ3) is 16.4. The number of hydrogen-bond donors (Lipinski definition) is 0. The smallest absolute Gasteiger partial charge is 0 e. The summed E-state index contributed by atoms with van der Waals surface area (Å²) in [6.45, 7) is 0. The molecule has 2 nitrogen and oxygen atoms in total. The minimum atomic E-state index is -3.07. The maximum absolute atomic E-state index is 11.3. The van der Waals surface area contributed by atoms with E-state index >= 15 is 0 Å². The molecule has 0 aliphatic heterocycles. The topological polar surface area (TPSA) is 40.1 Å². The molecule has 7 radical (unpaired) electrons. The van der Waals surface area contributed by atoms with Crippen LogP contribution < -0.4 is 18.3 Å². The van der Waals surface area contributed by atoms with Gasteiger partial charge in [-0.25, -0.2) is 0 Å². The van der Waals surface area contributed by atoms with Crippen LogP contribution in [0, 0.1) is 24.3 Å². The van der Waals surface area contributed by atoms with Crippen LogP contribution in [-0.4, -0.2) is 43.7 Å². The number of carboxylic acid groups (broad SMARTS) is 1. The van der Waals surface area contributed by atoms with Crippen molar-refractivity contribution in [3.63, 3.8) is 0 Å². The van der Waals surface area contributed by atoms with Gasteiger partial charge >= 0.3 is 145 Å². The molecule has 0 bridgehead atoms. The molecular formula is C45H39GeO2Sb-. The van der Waals surface area contributed by atoms with Gasteiger partial charge in [0.15, 0.2) is 0 Å². The van der Waals surface area contributed by atoms with E-state index in [1.165, 1.54) is 13.2 Å². The normalized spacial score (nSPS) is 9.39. The molecule has 0 atom stereocenters. The molecule has 0 saturated carbocycles. The first-order chi connectivity index (χ1) is 23.7. The molecule has 0 aliphatic rings. The second kappa shape index (κ2) is 26.3. The standard InChI is InChI=1S/C21H20GeO2.4C6H5.Sb/c23-21(24)16-17-22(18-10-4-1-5-11-18,19-12-6-2-7-13-19)20-14-8-3-9-15-20;4*1-2-4-6-5-3-1;/h1-15H,16-17H2,(H,23,24);4*1-5H;/p-1. The Kier molecular flexibility index (Phi) is 21.8. The number of carboxylic acids is 1. The van der Waals surface area contributed by atoms with Crippen molar-refractivity contribution < 1.29 is 9.90 Å². The maximum atomic E-state index is 11.3. The summed E-state index contributed by atoms with van der Waals surface area (Å²) in [5, 5.41) is 11.9. The molecule has 0 heterocycles. The number of carbonyl (C=O) groups is 1. The van der Waals surface area contributed by atoms with E-state index in [0.717, 1.165) is 0 Å². The van der Waals surface area contributed by atoms with Gasteiger partial charge in [-0.3, -0.25) is 0 Å². The Balaban J connectivity index is 0.000000266. The van der Waals surface area contributed by atoms with Crippen LogP contribution in [0.25, 0.3) is 0 Å². The van der Waals surface area contributed by atoms with E-state index in [0.29, 0.717) is 5.25 Å². The fraction of sp³-hybridized carbons (Fsp3) is 0.0444. The second-order valence-electron chi connectivity index (χ2n) is 10.2. The van der Waals surface area contributed by atoms with Crippen molar-refractivity contribution in [3.8, 4) is 0 Å². The van der Waals surface area contributed by atoms with Gasteiger partial charge in [-0.1, -0.05) is 121 Å². The minimum absolute atomic E-state index is 0. The van der Waals surface area contributed by atoms with Crippen LogP contribution in [0.2, 0.25) is 5.25 Å². The van der Waals surface area contributed by atoms with Crippen molar-refractivity contribution in [2.45, 2.75) is 11.7 Å². The number of rotatable bonds is 6. The minimum Gasteiger partial charge on any atom is -0.0622 e. The summed E-state index contributed by atoms with van der Waals surface area (Å²) in [7, 11) is 0. The molecule has 0 saturated heterocycles. The van der Waals surface area contributed by atoms with Crippen molar-refractivity contribution >= 4 is 56.9 Å². The van der Waals surface area contributed by atoms with Crippen molar-refractivity contribution in [1.29, 1.82) is 0 Å². The van der Waals surface area contributed by atoms with E-state index in [2.05, 4.69) is 60.7 Å². The van der Waals surface area contributed by atoms with E-state index in [-0.39, 0.29) is 30.8 Å². The summed E-state index contributed by atoms with van der Waals surface area (Å²) in [6, 6.07) is 81.2. The van der Waals surface area contributed by atoms with Crippen LogP contribution in [0.15, 0.2) is 212 Å². The first kappa shape index (κ1) is 40.5. The SMILES string of the molecule is O=C([O-])C[CH2][Ge]([c]1ccccc1)([c]1ccccc1)[c]1ccccc1.[Sb].[c]1ccccc1.[c]1ccccc1.[c]1ccccc1.[c]1ccccc1. The zero-order valence-corrected chi connectivity index (χ0v) is 32.0. The largest absolute Gasteiger partial charge is 0.0622 e. The molecular weight excluding hydrogens is 767 g/mol. The molecule has 0 spiro atoms. The van der Waals surface area contributed by atoms with Gasteiger partial charge in [-0.05, 0) is 24.3 Å². The molecule has 0 aliphatic carbocycles. The Morgan fingerprint density at radius 2 is 0.633 bits per heavy atom. The summed E-state index contributed by atoms with van der Waals surface area (Å²) in [5.41, 5.74) is 0. The van der Waals surface area contributed by atoms with E-state index < -0.39 is 19.2 Å². The van der Waals surface area contributed by atoms with Gasteiger partial charge in [-0.15, -0.1) is 0 Å². The predicted molar refractivity (Wildman–Crippen MR) is 205 cm³/mol. The summed E-state index contributed by atoms with van der Waals surface area (Å²) in [5.74, 6) is -0.979. The monoisotopic (exact) mass is 806 g/mol. The third-order valence-corrected chi connectivity index (χ3v) is 17.3. The van der Waals surface area contributed by atoms with E-state index in [1.807, 2.05) is 176 Å². The number of benzene rings is 7. The molecule has 241 valence electrons. The molecule has 49 heavy (non-hydrogen) atoms. The van der Waals surface area contributed by atoms with Gasteiger partial charge in [0, 0.05) is 24.4 Å². The van der Waals surface area contributed by atoms with Gasteiger partial charge in [0.1, 0.15) is 0 Å². The summed E-state index contributed by atoms with van der Waals surface area (Å²) in [4.78, 5) is 11.3. The predicted octanol–water partition coefficient (Wildman–Crippen LogP) is 6.86. The van der Waals surface area contributed by atoms with E-state index in [1.54, 1.807) is 0 Å². The van der Waals surface area contributed by atoms with Crippen LogP contribution in [0.5, 0.6) is 0 Å². The number of aliphatic carboxylic acids is 1. The van der Waals surface area contributed by atoms with Crippen molar-refractivity contribution in [2.75, 3.05) is 0 Å². The molecule has 0 fully saturated rings. The Morgan fingerprint density at radius 1 is 0.408 bits per heavy atom. The van der Waals surface area contributed by atoms with Crippen molar-refractivity contribution in [3.05, 3.63) is 237 Å². The average Bonchev–Trinajstić information content (AvgIpc) is 3.20. The van der Waals surface area contributed by atoms with Gasteiger partial charge in [0.05, 0.1) is 0 Å². The Labute approximate surface area is 313 Å². The zero-order valence-electron chi connectivity index (χ0n) is 27.4. The average molecular weight is 806 g/mol. The van der Waals surface area contributed by atoms with Crippen molar-refractivity contribution in [1.82, 2.24) is 0 Å². The molecule has 0 amide bonds. The zero-order chi connectivity index (χ0) is 33.8. The van der Waals surface area contributed by atoms with Gasteiger partial charge < -0.3 is 0 Å². The summed E-state index contributed by atoms with van der Waals surface area (Å²) < 4.78 is 3.82. The molecule has 0 aromatic heterocycles. The number of hydrogen-bond acceptors (Lipinski definition) is 2. The van der Waals surface area contributed by atoms with E-state index in [4.69, 9.17) is 0 Å². The molecule has 7 rings (SSSR count). The quantitative estimate of drug-likeness (QED) is 0.173. The Morgan fingerprint density at radius 3 is 0.796 bits per heavy atom. The fourth-order valence-electron chi connectivity index (χ4n) is 4.76. The van der Waals surface area contributed by atoms with E-state index in [9.17, 15) is 9.90 Å². The number of carbonyl (C=O) groups excluding carboxylic acids is 1. The van der Waals surface area contributed by atoms with Gasteiger partial charge in [0.25, 0.3) is 0 Å². The Hall–Kier alpha value is -4.63. The third-order valence-electron chi connectivity index (χ3n) is 6.93. The molecule has 0 N–H and O–H groups in total. The summed E-state index contributed by atoms with van der Waals surface area (Å²) in [6.07, 6.45) is 0.0820. The maximum Gasteiger partial charge on any atom is 0 e. The van der Waals surface area contributed by atoms with Crippen LogP contribution in [0.4, 0.5) is 0 Å².